The Labute approximate surface area is 670 Å². The number of nitrogens with one attached hydrogen (secondary N) is 16. The molecular weight excluding hydrogens is 1540 g/mol. The molecule has 47 nitrogen and oxygen atoms in total. The van der Waals surface area contributed by atoms with Crippen LogP contribution in [0.3, 0.4) is 0 Å². The van der Waals surface area contributed by atoms with Gasteiger partial charge < -0.3 is 150 Å². The number of carboxylic acid groups (broad SMARTS) is 2. The zero-order valence-electron chi connectivity index (χ0n) is 66.8. The Kier molecular flexibility index (Phi) is 50.0. The quantitative estimate of drug-likeness (QED) is 0.0153. The minimum absolute atomic E-state index is 0.0543. The molecular formula is C69H124N22O25. The lowest BCUT2D eigenvalue weighted by molar-refractivity contribution is -0.144. The molecule has 0 radical (unpaired) electrons. The molecule has 0 saturated carbocycles. The van der Waals surface area contributed by atoms with Gasteiger partial charge in [-0.15, -0.1) is 0 Å². The lowest BCUT2D eigenvalue weighted by Gasteiger charge is -2.30. The van der Waals surface area contributed by atoms with E-state index in [-0.39, 0.29) is 70.4 Å². The van der Waals surface area contributed by atoms with Crippen molar-refractivity contribution in [3.8, 4) is 0 Å². The van der Waals surface area contributed by atoms with Crippen molar-refractivity contribution in [3.05, 3.63) is 0 Å². The van der Waals surface area contributed by atoms with E-state index in [2.05, 4.69) is 74.4 Å². The molecule has 0 rings (SSSR count). The maximum absolute atomic E-state index is 14.3. The normalized spacial score (nSPS) is 15.9. The van der Waals surface area contributed by atoms with Gasteiger partial charge in [-0.1, -0.05) is 54.4 Å². The number of hydrogen-bond acceptors (Lipinski definition) is 27. The number of carbonyl (C=O) groups is 18. The van der Waals surface area contributed by atoms with E-state index in [1.807, 2.05) is 5.32 Å². The fraction of sp³-hybridized carbons (Fsp3) is 0.725. The third-order valence-corrected chi connectivity index (χ3v) is 17.8. The molecule has 116 heavy (non-hydrogen) atoms. The second kappa shape index (κ2) is 55.1. The molecule has 0 aromatic carbocycles. The molecule has 0 bridgehead atoms. The number of unbranched alkanes of at least 4 members (excludes halogenated alkanes) is 2. The van der Waals surface area contributed by atoms with Crippen molar-refractivity contribution in [2.75, 3.05) is 39.5 Å². The van der Waals surface area contributed by atoms with E-state index in [0.29, 0.717) is 19.4 Å². The van der Waals surface area contributed by atoms with Gasteiger partial charge in [-0.05, 0) is 116 Å². The highest BCUT2D eigenvalue weighted by Crippen LogP contribution is 2.15. The van der Waals surface area contributed by atoms with Crippen LogP contribution in [0.5, 0.6) is 0 Å². The smallest absolute Gasteiger partial charge is 0.328 e. The summed E-state index contributed by atoms with van der Waals surface area (Å²) in [7, 11) is 0. The minimum atomic E-state index is -2.09. The summed E-state index contributed by atoms with van der Waals surface area (Å²) in [5.74, 6) is -23.6. The summed E-state index contributed by atoms with van der Waals surface area (Å²) in [6.07, 6.45) is -5.95. The lowest BCUT2D eigenvalue weighted by atomic mass is 9.96. The van der Waals surface area contributed by atoms with Crippen LogP contribution in [-0.2, 0) is 86.3 Å². The molecule has 0 unspecified atom stereocenters. The van der Waals surface area contributed by atoms with Gasteiger partial charge in [-0.3, -0.25) is 86.9 Å². The van der Waals surface area contributed by atoms with E-state index in [1.54, 1.807) is 20.8 Å². The maximum atomic E-state index is 14.3. The van der Waals surface area contributed by atoms with E-state index in [4.69, 9.17) is 39.8 Å². The predicted octanol–water partition coefficient (Wildman–Crippen LogP) is -11.8. The van der Waals surface area contributed by atoms with E-state index in [9.17, 15) is 122 Å². The Balaban J connectivity index is 6.92. The molecule has 0 saturated heterocycles. The first-order valence-corrected chi connectivity index (χ1v) is 37.9. The van der Waals surface area contributed by atoms with Gasteiger partial charge in [0.2, 0.25) is 94.5 Å². The number of amides is 16. The minimum Gasteiger partial charge on any atom is -0.481 e. The van der Waals surface area contributed by atoms with E-state index >= 15 is 0 Å². The number of hydrogen-bond donors (Lipinski definition) is 29. The number of carboxylic acids is 2. The van der Waals surface area contributed by atoms with Crippen molar-refractivity contribution in [2.45, 2.75) is 261 Å². The van der Waals surface area contributed by atoms with E-state index in [1.165, 1.54) is 20.8 Å². The highest BCUT2D eigenvalue weighted by Gasteiger charge is 2.40. The van der Waals surface area contributed by atoms with Crippen LogP contribution in [0.2, 0.25) is 0 Å². The molecule has 35 N–H and O–H groups in total. The Bertz CT molecular complexity index is 3320. The summed E-state index contributed by atoms with van der Waals surface area (Å²) >= 11 is 0. The average Bonchev–Trinajstić information content (AvgIpc) is 0.850. The molecule has 0 aliphatic rings. The van der Waals surface area contributed by atoms with Crippen molar-refractivity contribution in [3.63, 3.8) is 0 Å². The topological polar surface area (TPSA) is 809 Å². The van der Waals surface area contributed by atoms with Crippen molar-refractivity contribution in [1.82, 2.24) is 79.8 Å². The number of aliphatic hydroxyl groups excluding tert-OH is 5. The molecule has 0 aliphatic carbocycles. The van der Waals surface area contributed by atoms with Crippen LogP contribution in [0.25, 0.3) is 0 Å². The van der Waals surface area contributed by atoms with E-state index < -0.39 is 279 Å². The molecule has 0 heterocycles. The average molecular weight is 1660 g/mol. The number of guanidine groups is 1. The van der Waals surface area contributed by atoms with Gasteiger partial charge in [0.25, 0.3) is 0 Å². The van der Waals surface area contributed by atoms with E-state index in [0.717, 1.165) is 20.8 Å². The molecule has 660 valence electrons. The SMILES string of the molecule is CC[C@H](C)[C@H](NC(=O)[C@H](CCCNC(=N)N)NC(=O)[C@H](CCC(=O)O)NC(=O)[C@@H](NC(=O)[C@H](CO)NC(=O)[C@H](C)NC(=O)[C@H](CCCCN)NC(=O)[C@H](CCC(N)=O)NC(=O)[C@@H](NC(=O)[C@H](CC(N)=O)NC(=O)[C@H](CC(C)C)NC(=O)[C@H](CO)NC(=O)[C@@H](N)CCCCN)C(C)C)[C@@H](C)O)C(=O)N[C@H](C(=O)N[C@@H](CO)C(=O)O)[C@@H](C)O. The van der Waals surface area contributed by atoms with Crippen LogP contribution in [0, 0.1) is 23.2 Å². The zero-order chi connectivity index (χ0) is 89.0. The summed E-state index contributed by atoms with van der Waals surface area (Å²) in [5, 5.41) is 112. The van der Waals surface area contributed by atoms with Gasteiger partial charge in [0.15, 0.2) is 5.96 Å². The van der Waals surface area contributed by atoms with Crippen LogP contribution < -0.4 is 114 Å². The fourth-order valence-electron chi connectivity index (χ4n) is 10.9. The second-order valence-corrected chi connectivity index (χ2v) is 28.6. The van der Waals surface area contributed by atoms with Crippen molar-refractivity contribution in [2.24, 2.45) is 52.2 Å². The highest BCUT2D eigenvalue weighted by atomic mass is 16.4. The van der Waals surface area contributed by atoms with Crippen LogP contribution >= 0.6 is 0 Å². The number of carbonyl (C=O) groups excluding carboxylic acids is 16. The summed E-state index contributed by atoms with van der Waals surface area (Å²) in [5.41, 5.74) is 33.5. The van der Waals surface area contributed by atoms with Gasteiger partial charge in [-0.25, -0.2) is 4.79 Å². The van der Waals surface area contributed by atoms with Crippen LogP contribution in [0.4, 0.5) is 0 Å². The molecule has 0 fully saturated rings. The van der Waals surface area contributed by atoms with Crippen molar-refractivity contribution >= 4 is 112 Å². The Morgan fingerprint density at radius 2 is 0.724 bits per heavy atom. The first kappa shape index (κ1) is 105. The highest BCUT2D eigenvalue weighted by molar-refractivity contribution is 6.01. The molecule has 0 aromatic rings. The lowest BCUT2D eigenvalue weighted by Crippen LogP contribution is -2.63. The van der Waals surface area contributed by atoms with Crippen molar-refractivity contribution in [1.29, 1.82) is 5.41 Å². The zero-order valence-corrected chi connectivity index (χ0v) is 66.8. The molecule has 0 spiro atoms. The third-order valence-electron chi connectivity index (χ3n) is 17.8. The van der Waals surface area contributed by atoms with Crippen LogP contribution in [0.1, 0.15) is 159 Å². The van der Waals surface area contributed by atoms with Crippen LogP contribution in [0.15, 0.2) is 0 Å². The first-order chi connectivity index (χ1) is 54.2. The van der Waals surface area contributed by atoms with Gasteiger partial charge in [0.05, 0.1) is 44.5 Å². The number of primary amides is 2. The third kappa shape index (κ3) is 40.1. The Morgan fingerprint density at radius 1 is 0.371 bits per heavy atom. The number of aliphatic carboxylic acids is 2. The van der Waals surface area contributed by atoms with Crippen LogP contribution in [-0.4, -0.2) is 290 Å². The van der Waals surface area contributed by atoms with Gasteiger partial charge >= 0.3 is 11.9 Å². The molecule has 18 atom stereocenters. The number of aliphatic hydroxyl groups is 5. The summed E-state index contributed by atoms with van der Waals surface area (Å²) in [6, 6.07) is -25.5. The molecule has 16 amide bonds. The Morgan fingerprint density at radius 3 is 1.16 bits per heavy atom. The molecule has 47 heteroatoms. The molecule has 0 aliphatic heterocycles. The predicted molar refractivity (Wildman–Crippen MR) is 411 cm³/mol. The maximum Gasteiger partial charge on any atom is 0.328 e. The fourth-order valence-corrected chi connectivity index (χ4v) is 10.9. The summed E-state index contributed by atoms with van der Waals surface area (Å²) in [6.45, 7) is 9.65. The monoisotopic (exact) mass is 1660 g/mol. The largest absolute Gasteiger partial charge is 0.481 e. The van der Waals surface area contributed by atoms with Gasteiger partial charge in [0, 0.05) is 19.4 Å². The first-order valence-electron chi connectivity index (χ1n) is 37.9. The Hall–Kier alpha value is -10.6. The summed E-state index contributed by atoms with van der Waals surface area (Å²) < 4.78 is 0. The standard InChI is InChI=1S/C69H124N22O25/c1-10-33(6)51(65(112)91-53(36(9)96)67(114)87-46(30-94)68(115)116)89-59(106)39(18-15-25-77-69(75)76)80-58(105)41(20-22-49(99)100)82-66(113)52(35(8)95)90-63(110)45(29-93)85-54(101)34(7)78-56(103)38(17-12-14-24-71)79-57(104)40(19-21-47(73)97)81-64(111)50(32(4)5)88-61(108)43(27-48(74)98)84-60(107)42(26-31(2)3)83-62(109)44(28-92)86-55(102)37(72)16-11-13-23-70/h31-46,50-53,92-96H,10-30,70-72H2,1-9H3,(H2,73,97)(H2,74,98)(H,78,103)(H,79,104)(H,80,105)(H,81,111)(H,82,113)(H,83,109)(H,84,107)(H,85,101)(H,86,102)(H,87,114)(H,88,108)(H,89,106)(H,90,110)(H,91,112)(H,99,100)(H,115,116)(H4,75,76,77)/t33-,34-,35+,36+,37-,38-,39-,40-,41-,42-,43-,44-,45-,46-,50-,51-,52-,53-/m0/s1. The second-order valence-electron chi connectivity index (χ2n) is 28.6. The number of rotatable bonds is 59. The summed E-state index contributed by atoms with van der Waals surface area (Å²) in [4.78, 5) is 242. The molecule has 0 aromatic heterocycles. The number of nitrogens with two attached hydrogens (primary N) is 6. The van der Waals surface area contributed by atoms with Gasteiger partial charge in [-0.2, -0.15) is 0 Å². The van der Waals surface area contributed by atoms with Gasteiger partial charge in [0.1, 0.15) is 84.6 Å². The van der Waals surface area contributed by atoms with Crippen molar-refractivity contribution < 1.29 is 122 Å².